The lowest BCUT2D eigenvalue weighted by Gasteiger charge is -2.01. The third-order valence-electron chi connectivity index (χ3n) is 3.49. The molecule has 5 heteroatoms. The van der Waals surface area contributed by atoms with Crippen LogP contribution in [0.25, 0.3) is 10.9 Å². The minimum absolute atomic E-state index is 0.0317. The third-order valence-corrected chi connectivity index (χ3v) is 3.49. The van der Waals surface area contributed by atoms with Gasteiger partial charge in [-0.2, -0.15) is 0 Å². The van der Waals surface area contributed by atoms with Gasteiger partial charge in [-0.25, -0.2) is 0 Å². The quantitative estimate of drug-likeness (QED) is 0.571. The summed E-state index contributed by atoms with van der Waals surface area (Å²) in [4.78, 5) is 12.0. The Morgan fingerprint density at radius 3 is 2.57 bits per heavy atom. The van der Waals surface area contributed by atoms with Crippen molar-refractivity contribution in [3.05, 3.63) is 72.8 Å². The summed E-state index contributed by atoms with van der Waals surface area (Å²) in [5.41, 5.74) is 1.54. The van der Waals surface area contributed by atoms with Crippen LogP contribution in [0.15, 0.2) is 77.5 Å². The number of aromatic hydroxyl groups is 1. The van der Waals surface area contributed by atoms with Crippen molar-refractivity contribution in [2.24, 2.45) is 10.2 Å². The maximum atomic E-state index is 12.0. The van der Waals surface area contributed by atoms with Crippen LogP contribution in [0.3, 0.4) is 0 Å². The summed E-state index contributed by atoms with van der Waals surface area (Å²) in [6.45, 7) is 4.13. The van der Waals surface area contributed by atoms with Crippen LogP contribution in [0.4, 0.5) is 5.69 Å². The Bertz CT molecular complexity index is 895. The highest BCUT2D eigenvalue weighted by Crippen LogP contribution is 2.38. The monoisotopic (exact) mass is 305 g/mol. The number of para-hydroxylation sites is 1. The van der Waals surface area contributed by atoms with E-state index in [2.05, 4.69) is 16.8 Å². The molecule has 0 radical (unpaired) electrons. The molecule has 2 aromatic carbocycles. The fourth-order valence-electron chi connectivity index (χ4n) is 2.42. The highest BCUT2D eigenvalue weighted by atomic mass is 16.3. The van der Waals surface area contributed by atoms with Crippen molar-refractivity contribution in [1.82, 2.24) is 4.57 Å². The summed E-state index contributed by atoms with van der Waals surface area (Å²) in [7, 11) is 0. The van der Waals surface area contributed by atoms with Gasteiger partial charge >= 0.3 is 0 Å². The van der Waals surface area contributed by atoms with Crippen LogP contribution in [0.5, 0.6) is 5.88 Å². The SMILES string of the molecule is C=CCn1c(O)c(N=NC(=O)c2ccccc2)c2ccccc21. The van der Waals surface area contributed by atoms with Crippen molar-refractivity contribution in [1.29, 1.82) is 0 Å². The second-order valence-corrected chi connectivity index (χ2v) is 4.96. The molecule has 1 amide bonds. The molecule has 3 aromatic rings. The first-order valence-electron chi connectivity index (χ1n) is 7.14. The molecule has 114 valence electrons. The molecule has 0 aliphatic heterocycles. The van der Waals surface area contributed by atoms with Crippen LogP contribution in [0.2, 0.25) is 0 Å². The van der Waals surface area contributed by atoms with E-state index in [1.165, 1.54) is 0 Å². The van der Waals surface area contributed by atoms with E-state index >= 15 is 0 Å². The number of carbonyl (C=O) groups is 1. The average molecular weight is 305 g/mol. The predicted octanol–water partition coefficient (Wildman–Crippen LogP) is 4.46. The van der Waals surface area contributed by atoms with Gasteiger partial charge < -0.3 is 9.67 Å². The number of carbonyl (C=O) groups excluding carboxylic acids is 1. The van der Waals surface area contributed by atoms with Crippen LogP contribution in [0, 0.1) is 0 Å². The number of nitrogens with zero attached hydrogens (tertiary/aromatic N) is 3. The van der Waals surface area contributed by atoms with Gasteiger partial charge in [0.2, 0.25) is 5.88 Å². The molecule has 1 heterocycles. The fourth-order valence-corrected chi connectivity index (χ4v) is 2.42. The molecule has 1 aromatic heterocycles. The highest BCUT2D eigenvalue weighted by molar-refractivity contribution is 5.97. The van der Waals surface area contributed by atoms with Gasteiger partial charge in [0.25, 0.3) is 5.91 Å². The molecular formula is C18H15N3O2. The minimum atomic E-state index is -0.453. The Hall–Kier alpha value is -3.21. The van der Waals surface area contributed by atoms with Crippen molar-refractivity contribution in [2.45, 2.75) is 6.54 Å². The van der Waals surface area contributed by atoms with Gasteiger partial charge in [0, 0.05) is 17.5 Å². The van der Waals surface area contributed by atoms with E-state index in [-0.39, 0.29) is 11.6 Å². The summed E-state index contributed by atoms with van der Waals surface area (Å²) in [5.74, 6) is -0.485. The van der Waals surface area contributed by atoms with Crippen LogP contribution in [-0.4, -0.2) is 15.6 Å². The van der Waals surface area contributed by atoms with Crippen molar-refractivity contribution < 1.29 is 9.90 Å². The number of fused-ring (bicyclic) bond motifs is 1. The van der Waals surface area contributed by atoms with Crippen molar-refractivity contribution in [3.8, 4) is 5.88 Å². The molecule has 0 saturated carbocycles. The minimum Gasteiger partial charge on any atom is -0.493 e. The largest absolute Gasteiger partial charge is 0.493 e. The second-order valence-electron chi connectivity index (χ2n) is 4.96. The van der Waals surface area contributed by atoms with E-state index in [1.807, 2.05) is 30.3 Å². The topological polar surface area (TPSA) is 66.9 Å². The summed E-state index contributed by atoms with van der Waals surface area (Å²) in [6.07, 6.45) is 1.68. The predicted molar refractivity (Wildman–Crippen MR) is 89.1 cm³/mol. The number of rotatable bonds is 4. The zero-order valence-corrected chi connectivity index (χ0v) is 12.4. The van der Waals surface area contributed by atoms with Crippen LogP contribution in [-0.2, 0) is 6.54 Å². The van der Waals surface area contributed by atoms with E-state index in [0.29, 0.717) is 12.1 Å². The molecule has 1 N–H and O–H groups in total. The Morgan fingerprint density at radius 1 is 1.13 bits per heavy atom. The van der Waals surface area contributed by atoms with Gasteiger partial charge in [0.1, 0.15) is 0 Å². The zero-order chi connectivity index (χ0) is 16.2. The second kappa shape index (κ2) is 6.27. The highest BCUT2D eigenvalue weighted by Gasteiger charge is 2.15. The molecule has 0 aliphatic rings. The number of aromatic nitrogens is 1. The molecule has 0 aliphatic carbocycles. The third kappa shape index (κ3) is 2.76. The summed E-state index contributed by atoms with van der Waals surface area (Å²) in [6, 6.07) is 16.1. The lowest BCUT2D eigenvalue weighted by molar-refractivity contribution is 0.0995. The van der Waals surface area contributed by atoms with Gasteiger partial charge in [-0.15, -0.1) is 16.8 Å². The van der Waals surface area contributed by atoms with Crippen LogP contribution < -0.4 is 0 Å². The van der Waals surface area contributed by atoms with Gasteiger partial charge in [0.15, 0.2) is 5.69 Å². The average Bonchev–Trinajstić information content (AvgIpc) is 2.86. The maximum Gasteiger partial charge on any atom is 0.295 e. The van der Waals surface area contributed by atoms with Gasteiger partial charge in [-0.3, -0.25) is 4.79 Å². The van der Waals surface area contributed by atoms with E-state index in [1.54, 1.807) is 34.9 Å². The molecular weight excluding hydrogens is 290 g/mol. The first-order chi connectivity index (χ1) is 11.2. The van der Waals surface area contributed by atoms with Gasteiger partial charge in [0.05, 0.1) is 5.52 Å². The lowest BCUT2D eigenvalue weighted by Crippen LogP contribution is -1.93. The number of allylic oxidation sites excluding steroid dienone is 1. The number of azo groups is 1. The Kier molecular flexibility index (Phi) is 4.01. The smallest absolute Gasteiger partial charge is 0.295 e. The summed E-state index contributed by atoms with van der Waals surface area (Å²) in [5, 5.41) is 18.8. The standard InChI is InChI=1S/C18H15N3O2/c1-2-12-21-15-11-7-6-10-14(15)16(18(21)23)19-20-17(22)13-8-4-3-5-9-13/h2-11,23H,1,12H2. The van der Waals surface area contributed by atoms with Gasteiger partial charge in [-0.05, 0) is 18.2 Å². The number of benzene rings is 2. The molecule has 3 rings (SSSR count). The molecule has 0 unspecified atom stereocenters. The molecule has 0 atom stereocenters. The van der Waals surface area contributed by atoms with Crippen molar-refractivity contribution >= 4 is 22.5 Å². The summed E-state index contributed by atoms with van der Waals surface area (Å²) < 4.78 is 1.67. The maximum absolute atomic E-state index is 12.0. The Balaban J connectivity index is 2.03. The summed E-state index contributed by atoms with van der Waals surface area (Å²) >= 11 is 0. The van der Waals surface area contributed by atoms with E-state index < -0.39 is 5.91 Å². The Labute approximate surface area is 133 Å². The number of hydrogen-bond acceptors (Lipinski definition) is 3. The molecule has 0 saturated heterocycles. The lowest BCUT2D eigenvalue weighted by atomic mass is 10.2. The van der Waals surface area contributed by atoms with Crippen LogP contribution >= 0.6 is 0 Å². The normalized spacial score (nSPS) is 11.1. The van der Waals surface area contributed by atoms with Crippen molar-refractivity contribution in [2.75, 3.05) is 0 Å². The van der Waals surface area contributed by atoms with E-state index in [9.17, 15) is 9.90 Å². The van der Waals surface area contributed by atoms with Gasteiger partial charge in [-0.1, -0.05) is 42.5 Å². The molecule has 23 heavy (non-hydrogen) atoms. The first kappa shape index (κ1) is 14.7. The van der Waals surface area contributed by atoms with Crippen molar-refractivity contribution in [3.63, 3.8) is 0 Å². The molecule has 5 nitrogen and oxygen atoms in total. The van der Waals surface area contributed by atoms with E-state index in [0.717, 1.165) is 10.9 Å². The zero-order valence-electron chi connectivity index (χ0n) is 12.4. The Morgan fingerprint density at radius 2 is 1.83 bits per heavy atom. The molecule has 0 fully saturated rings. The molecule has 0 spiro atoms. The number of hydrogen-bond donors (Lipinski definition) is 1. The first-order valence-corrected chi connectivity index (χ1v) is 7.14. The fraction of sp³-hybridized carbons (Fsp3) is 0.0556. The van der Waals surface area contributed by atoms with Crippen LogP contribution in [0.1, 0.15) is 10.4 Å². The molecule has 0 bridgehead atoms. The number of amides is 1. The van der Waals surface area contributed by atoms with E-state index in [4.69, 9.17) is 0 Å².